The fourth-order valence-electron chi connectivity index (χ4n) is 3.21. The molecule has 3 rings (SSSR count). The number of para-hydroxylation sites is 1. The number of amides is 2. The Bertz CT molecular complexity index is 1020. The number of hydrogen-bond acceptors (Lipinski definition) is 3. The Morgan fingerprint density at radius 2 is 1.55 bits per heavy atom. The van der Waals surface area contributed by atoms with E-state index in [0.29, 0.717) is 23.4 Å². The average molecular weight is 417 g/mol. The van der Waals surface area contributed by atoms with Crippen molar-refractivity contribution in [1.82, 2.24) is 5.32 Å². The summed E-state index contributed by atoms with van der Waals surface area (Å²) in [5.41, 5.74) is 2.99. The highest BCUT2D eigenvalue weighted by Gasteiger charge is 2.21. The molecule has 0 aliphatic heterocycles. The molecule has 2 amide bonds. The first kappa shape index (κ1) is 22.1. The molecule has 3 aromatic rings. The molecule has 0 saturated heterocycles. The lowest BCUT2D eigenvalue weighted by Gasteiger charge is -2.19. The van der Waals surface area contributed by atoms with Crippen molar-refractivity contribution in [3.05, 3.63) is 95.6 Å². The third kappa shape index (κ3) is 5.95. The minimum Gasteiger partial charge on any atom is -0.481 e. The van der Waals surface area contributed by atoms with Crippen molar-refractivity contribution in [2.45, 2.75) is 39.3 Å². The number of carbonyl (C=O) groups is 2. The van der Waals surface area contributed by atoms with Gasteiger partial charge in [-0.15, -0.1) is 0 Å². The van der Waals surface area contributed by atoms with Crippen LogP contribution in [0.5, 0.6) is 5.75 Å². The van der Waals surface area contributed by atoms with Crippen molar-refractivity contribution in [2.75, 3.05) is 5.32 Å². The molecule has 0 fully saturated rings. The summed E-state index contributed by atoms with van der Waals surface area (Å²) in [4.78, 5) is 25.8. The van der Waals surface area contributed by atoms with Crippen LogP contribution in [0.4, 0.5) is 5.69 Å². The van der Waals surface area contributed by atoms with Gasteiger partial charge >= 0.3 is 0 Å². The monoisotopic (exact) mass is 416 g/mol. The van der Waals surface area contributed by atoms with Crippen molar-refractivity contribution < 1.29 is 14.3 Å². The number of benzene rings is 3. The first-order chi connectivity index (χ1) is 15.0. The smallest absolute Gasteiger partial charge is 0.265 e. The summed E-state index contributed by atoms with van der Waals surface area (Å²) < 4.78 is 5.86. The van der Waals surface area contributed by atoms with Gasteiger partial charge in [0, 0.05) is 0 Å². The van der Waals surface area contributed by atoms with Crippen LogP contribution in [0.15, 0.2) is 78.9 Å². The normalized spacial score (nSPS) is 12.5. The van der Waals surface area contributed by atoms with Crippen molar-refractivity contribution in [2.24, 2.45) is 0 Å². The predicted octanol–water partition coefficient (Wildman–Crippen LogP) is 5.28. The molecule has 2 N–H and O–H groups in total. The molecule has 0 radical (unpaired) electrons. The first-order valence-electron chi connectivity index (χ1n) is 10.5. The highest BCUT2D eigenvalue weighted by atomic mass is 16.5. The van der Waals surface area contributed by atoms with Crippen molar-refractivity contribution in [3.8, 4) is 5.75 Å². The lowest BCUT2D eigenvalue weighted by atomic mass is 10.1. The molecule has 5 nitrogen and oxygen atoms in total. The zero-order valence-corrected chi connectivity index (χ0v) is 18.1. The van der Waals surface area contributed by atoms with Crippen LogP contribution in [0.3, 0.4) is 0 Å². The summed E-state index contributed by atoms with van der Waals surface area (Å²) in [6.07, 6.45) is -0.166. The number of carbonyl (C=O) groups excluding carboxylic acids is 2. The second kappa shape index (κ2) is 10.4. The summed E-state index contributed by atoms with van der Waals surface area (Å²) >= 11 is 0. The molecule has 0 heterocycles. The van der Waals surface area contributed by atoms with E-state index in [1.165, 1.54) is 0 Å². The summed E-state index contributed by atoms with van der Waals surface area (Å²) in [6.45, 7) is 5.81. The van der Waals surface area contributed by atoms with Crippen molar-refractivity contribution in [1.29, 1.82) is 0 Å². The van der Waals surface area contributed by atoms with E-state index < -0.39 is 6.10 Å². The van der Waals surface area contributed by atoms with Crippen LogP contribution >= 0.6 is 0 Å². The average Bonchev–Trinajstić information content (AvgIpc) is 2.79. The summed E-state index contributed by atoms with van der Waals surface area (Å²) in [5, 5.41) is 5.86. The number of aryl methyl sites for hydroxylation is 1. The third-order valence-corrected chi connectivity index (χ3v) is 5.04. The molecule has 0 bridgehead atoms. The van der Waals surface area contributed by atoms with E-state index in [1.54, 1.807) is 24.3 Å². The van der Waals surface area contributed by atoms with Gasteiger partial charge in [0.1, 0.15) is 5.75 Å². The van der Waals surface area contributed by atoms with Gasteiger partial charge < -0.3 is 15.4 Å². The second-order valence-electron chi connectivity index (χ2n) is 7.47. The molecule has 0 saturated carbocycles. The maximum absolute atomic E-state index is 12.9. The number of nitrogens with one attached hydrogen (secondary N) is 2. The van der Waals surface area contributed by atoms with Crippen LogP contribution in [0, 0.1) is 6.92 Å². The number of hydrogen-bond donors (Lipinski definition) is 2. The molecule has 31 heavy (non-hydrogen) atoms. The summed E-state index contributed by atoms with van der Waals surface area (Å²) in [5.74, 6) is 0.0921. The van der Waals surface area contributed by atoms with Crippen molar-refractivity contribution in [3.63, 3.8) is 0 Å². The van der Waals surface area contributed by atoms with Gasteiger partial charge in [0.25, 0.3) is 11.8 Å². The molecule has 160 valence electrons. The van der Waals surface area contributed by atoms with Gasteiger partial charge in [0.05, 0.1) is 17.3 Å². The molecule has 2 atom stereocenters. The lowest BCUT2D eigenvalue weighted by Crippen LogP contribution is -2.34. The van der Waals surface area contributed by atoms with E-state index in [-0.39, 0.29) is 17.9 Å². The van der Waals surface area contributed by atoms with Gasteiger partial charge in [-0.3, -0.25) is 9.59 Å². The summed E-state index contributed by atoms with van der Waals surface area (Å²) in [7, 11) is 0. The Labute approximate surface area is 183 Å². The van der Waals surface area contributed by atoms with Gasteiger partial charge in [-0.25, -0.2) is 0 Å². The Balaban J connectivity index is 1.70. The van der Waals surface area contributed by atoms with Crippen LogP contribution in [0.1, 0.15) is 47.8 Å². The maximum atomic E-state index is 12.9. The molecule has 3 aromatic carbocycles. The standard InChI is InChI=1S/C26H28N2O3/c1-4-24(31-21-16-14-18(2)15-17-21)26(30)28-23-13-9-8-12-22(23)25(29)27-19(3)20-10-6-5-7-11-20/h5-17,19,24H,4H2,1-3H3,(H,27,29)(H,28,30)/t19-,24+/m1/s1. The van der Waals surface area contributed by atoms with E-state index in [0.717, 1.165) is 11.1 Å². The molecule has 0 aromatic heterocycles. The van der Waals surface area contributed by atoms with Gasteiger partial charge in [-0.05, 0) is 50.1 Å². The van der Waals surface area contributed by atoms with Crippen LogP contribution in [0.2, 0.25) is 0 Å². The number of ether oxygens (including phenoxy) is 1. The van der Waals surface area contributed by atoms with Crippen LogP contribution in [-0.4, -0.2) is 17.9 Å². The predicted molar refractivity (Wildman–Crippen MR) is 123 cm³/mol. The van der Waals surface area contributed by atoms with Gasteiger partial charge in [-0.1, -0.05) is 67.1 Å². The Morgan fingerprint density at radius 1 is 0.903 bits per heavy atom. The lowest BCUT2D eigenvalue weighted by molar-refractivity contribution is -0.122. The summed E-state index contributed by atoms with van der Waals surface area (Å²) in [6, 6.07) is 24.1. The van der Waals surface area contributed by atoms with E-state index >= 15 is 0 Å². The molecule has 0 aliphatic rings. The molecular formula is C26H28N2O3. The van der Waals surface area contributed by atoms with E-state index in [2.05, 4.69) is 10.6 Å². The minimum atomic E-state index is -0.665. The Morgan fingerprint density at radius 3 is 2.23 bits per heavy atom. The first-order valence-corrected chi connectivity index (χ1v) is 10.5. The Hall–Kier alpha value is -3.60. The number of anilines is 1. The van der Waals surface area contributed by atoms with E-state index in [9.17, 15) is 9.59 Å². The van der Waals surface area contributed by atoms with Gasteiger partial charge in [0.15, 0.2) is 6.10 Å². The van der Waals surface area contributed by atoms with E-state index in [1.807, 2.05) is 75.4 Å². The molecule has 5 heteroatoms. The van der Waals surface area contributed by atoms with Gasteiger partial charge in [0.2, 0.25) is 0 Å². The minimum absolute atomic E-state index is 0.161. The van der Waals surface area contributed by atoms with E-state index in [4.69, 9.17) is 4.74 Å². The Kier molecular flexibility index (Phi) is 7.44. The molecule has 0 aliphatic carbocycles. The number of rotatable bonds is 8. The van der Waals surface area contributed by atoms with Crippen LogP contribution in [0.25, 0.3) is 0 Å². The van der Waals surface area contributed by atoms with Crippen molar-refractivity contribution >= 4 is 17.5 Å². The highest BCUT2D eigenvalue weighted by Crippen LogP contribution is 2.20. The van der Waals surface area contributed by atoms with Crippen LogP contribution < -0.4 is 15.4 Å². The van der Waals surface area contributed by atoms with Crippen LogP contribution in [-0.2, 0) is 4.79 Å². The highest BCUT2D eigenvalue weighted by molar-refractivity contribution is 6.04. The third-order valence-electron chi connectivity index (χ3n) is 5.04. The fourth-order valence-corrected chi connectivity index (χ4v) is 3.21. The zero-order valence-electron chi connectivity index (χ0n) is 18.1. The SMILES string of the molecule is CC[C@H](Oc1ccc(C)cc1)C(=O)Nc1ccccc1C(=O)N[C@H](C)c1ccccc1. The molecule has 0 spiro atoms. The maximum Gasteiger partial charge on any atom is 0.265 e. The molecule has 0 unspecified atom stereocenters. The quantitative estimate of drug-likeness (QED) is 0.525. The topological polar surface area (TPSA) is 67.4 Å². The molecular weight excluding hydrogens is 388 g/mol. The fraction of sp³-hybridized carbons (Fsp3) is 0.231. The zero-order chi connectivity index (χ0) is 22.2. The second-order valence-corrected chi connectivity index (χ2v) is 7.47. The van der Waals surface area contributed by atoms with Gasteiger partial charge in [-0.2, -0.15) is 0 Å². The largest absolute Gasteiger partial charge is 0.481 e.